The van der Waals surface area contributed by atoms with Crippen LogP contribution in [0.25, 0.3) is 0 Å². The first-order valence-electron chi connectivity index (χ1n) is 4.99. The van der Waals surface area contributed by atoms with Crippen LogP contribution in [0.4, 0.5) is 0 Å². The van der Waals surface area contributed by atoms with Crippen molar-refractivity contribution in [3.05, 3.63) is 33.8 Å². The molecule has 0 heterocycles. The highest BCUT2D eigenvalue weighted by Crippen LogP contribution is 2.32. The molecule has 0 aromatic heterocycles. The molecule has 0 radical (unpaired) electrons. The van der Waals surface area contributed by atoms with E-state index in [4.69, 9.17) is 23.2 Å². The first kappa shape index (κ1) is 11.9. The van der Waals surface area contributed by atoms with Crippen LogP contribution in [0.1, 0.15) is 32.3 Å². The van der Waals surface area contributed by atoms with Gasteiger partial charge in [-0.15, -0.1) is 0 Å². The molecule has 1 aromatic rings. The van der Waals surface area contributed by atoms with Crippen LogP contribution < -0.4 is 0 Å². The highest BCUT2D eigenvalue weighted by atomic mass is 35.5. The Morgan fingerprint density at radius 2 is 1.71 bits per heavy atom. The fourth-order valence-corrected chi connectivity index (χ4v) is 1.83. The molecule has 0 saturated carbocycles. The van der Waals surface area contributed by atoms with Gasteiger partial charge in [0.25, 0.3) is 0 Å². The van der Waals surface area contributed by atoms with Gasteiger partial charge in [0.05, 0.1) is 10.0 Å². The van der Waals surface area contributed by atoms with Crippen LogP contribution in [0.15, 0.2) is 18.2 Å². The maximum atomic E-state index is 6.00. The molecule has 0 aliphatic rings. The van der Waals surface area contributed by atoms with Crippen LogP contribution in [-0.4, -0.2) is 7.85 Å². The van der Waals surface area contributed by atoms with Crippen molar-refractivity contribution in [1.29, 1.82) is 0 Å². The standard InChI is InChI=1S/C11H15BCl2/c1-3-11(12,4-2)8-5-6-9(13)10(14)7-8/h5-7H,3-4,12H2,1-2H3. The van der Waals surface area contributed by atoms with E-state index in [9.17, 15) is 0 Å². The zero-order valence-electron chi connectivity index (χ0n) is 8.90. The molecule has 0 nitrogen and oxygen atoms in total. The second kappa shape index (κ2) is 4.59. The van der Waals surface area contributed by atoms with Gasteiger partial charge in [-0.05, 0) is 23.0 Å². The summed E-state index contributed by atoms with van der Waals surface area (Å²) < 4.78 is 0. The third kappa shape index (κ3) is 2.27. The van der Waals surface area contributed by atoms with Crippen molar-refractivity contribution >= 4 is 31.0 Å². The largest absolute Gasteiger partial charge is 0.115 e. The Balaban J connectivity index is 3.12. The molecular formula is C11H15BCl2. The fourth-order valence-electron chi connectivity index (χ4n) is 1.53. The average molecular weight is 229 g/mol. The summed E-state index contributed by atoms with van der Waals surface area (Å²) in [6, 6.07) is 5.93. The van der Waals surface area contributed by atoms with Crippen molar-refractivity contribution in [2.45, 2.75) is 32.0 Å². The lowest BCUT2D eigenvalue weighted by atomic mass is 9.61. The van der Waals surface area contributed by atoms with Crippen molar-refractivity contribution < 1.29 is 0 Å². The molecule has 0 atom stereocenters. The summed E-state index contributed by atoms with van der Waals surface area (Å²) in [6.07, 6.45) is 2.23. The van der Waals surface area contributed by atoms with Gasteiger partial charge in [0.2, 0.25) is 0 Å². The molecule has 0 bridgehead atoms. The van der Waals surface area contributed by atoms with E-state index in [1.165, 1.54) is 5.56 Å². The minimum Gasteiger partial charge on any atom is -0.0827 e. The molecule has 1 aromatic carbocycles. The second-order valence-electron chi connectivity index (χ2n) is 3.90. The normalized spacial score (nSPS) is 11.7. The highest BCUT2D eigenvalue weighted by molar-refractivity contribution is 6.42. The van der Waals surface area contributed by atoms with Crippen LogP contribution >= 0.6 is 23.2 Å². The summed E-state index contributed by atoms with van der Waals surface area (Å²) in [6.45, 7) is 4.40. The summed E-state index contributed by atoms with van der Waals surface area (Å²) in [5.41, 5.74) is 1.27. The van der Waals surface area contributed by atoms with E-state index in [0.29, 0.717) is 10.0 Å². The minimum atomic E-state index is 0.216. The predicted molar refractivity (Wildman–Crippen MR) is 67.3 cm³/mol. The number of benzene rings is 1. The van der Waals surface area contributed by atoms with Gasteiger partial charge < -0.3 is 0 Å². The summed E-state index contributed by atoms with van der Waals surface area (Å²) in [4.78, 5) is 0. The molecule has 0 spiro atoms. The zero-order valence-corrected chi connectivity index (χ0v) is 10.4. The fraction of sp³-hybridized carbons (Fsp3) is 0.455. The van der Waals surface area contributed by atoms with E-state index >= 15 is 0 Å². The molecule has 0 saturated heterocycles. The maximum Gasteiger partial charge on any atom is 0.115 e. The lowest BCUT2D eigenvalue weighted by Gasteiger charge is -2.27. The lowest BCUT2D eigenvalue weighted by molar-refractivity contribution is 0.565. The van der Waals surface area contributed by atoms with Gasteiger partial charge in [-0.1, -0.05) is 56.0 Å². The van der Waals surface area contributed by atoms with E-state index in [0.717, 1.165) is 12.8 Å². The minimum absolute atomic E-state index is 0.216. The molecule has 0 unspecified atom stereocenters. The Hall–Kier alpha value is -0.135. The molecule has 0 amide bonds. The lowest BCUT2D eigenvalue weighted by Crippen LogP contribution is -2.24. The van der Waals surface area contributed by atoms with E-state index in [2.05, 4.69) is 27.8 Å². The van der Waals surface area contributed by atoms with Crippen LogP contribution in [0, 0.1) is 0 Å². The molecule has 0 N–H and O–H groups in total. The van der Waals surface area contributed by atoms with Gasteiger partial charge >= 0.3 is 0 Å². The third-order valence-corrected chi connectivity index (χ3v) is 3.92. The molecule has 1 rings (SSSR count). The van der Waals surface area contributed by atoms with Crippen molar-refractivity contribution in [3.8, 4) is 0 Å². The summed E-state index contributed by atoms with van der Waals surface area (Å²) >= 11 is 11.9. The average Bonchev–Trinajstić information content (AvgIpc) is 2.21. The molecule has 0 aliphatic heterocycles. The van der Waals surface area contributed by atoms with Crippen LogP contribution in [-0.2, 0) is 5.31 Å². The molecule has 0 fully saturated rings. The summed E-state index contributed by atoms with van der Waals surface area (Å²) in [5, 5.41) is 1.50. The van der Waals surface area contributed by atoms with Gasteiger partial charge in [-0.25, -0.2) is 0 Å². The topological polar surface area (TPSA) is 0 Å². The molecule has 14 heavy (non-hydrogen) atoms. The second-order valence-corrected chi connectivity index (χ2v) is 4.71. The Kier molecular flexibility index (Phi) is 3.91. The van der Waals surface area contributed by atoms with Crippen molar-refractivity contribution in [3.63, 3.8) is 0 Å². The Morgan fingerprint density at radius 1 is 1.14 bits per heavy atom. The number of rotatable bonds is 3. The predicted octanol–water partition coefficient (Wildman–Crippen LogP) is 3.64. The first-order chi connectivity index (χ1) is 6.53. The Morgan fingerprint density at radius 3 is 2.14 bits per heavy atom. The third-order valence-electron chi connectivity index (χ3n) is 3.18. The zero-order chi connectivity index (χ0) is 10.8. The molecule has 3 heteroatoms. The maximum absolute atomic E-state index is 6.00. The van der Waals surface area contributed by atoms with Gasteiger partial charge in [0.15, 0.2) is 0 Å². The first-order valence-corrected chi connectivity index (χ1v) is 5.74. The highest BCUT2D eigenvalue weighted by Gasteiger charge is 2.22. The number of hydrogen-bond donors (Lipinski definition) is 0. The quantitative estimate of drug-likeness (QED) is 0.694. The van der Waals surface area contributed by atoms with E-state index in [1.807, 2.05) is 12.1 Å². The molecule has 76 valence electrons. The van der Waals surface area contributed by atoms with Gasteiger partial charge in [0, 0.05) is 0 Å². The number of hydrogen-bond acceptors (Lipinski definition) is 0. The van der Waals surface area contributed by atoms with Gasteiger partial charge in [-0.3, -0.25) is 0 Å². The Labute approximate surface area is 97.0 Å². The SMILES string of the molecule is BC(CC)(CC)c1ccc(Cl)c(Cl)c1. The Bertz CT molecular complexity index is 319. The molecule has 0 aliphatic carbocycles. The summed E-state index contributed by atoms with van der Waals surface area (Å²) in [7, 11) is 2.26. The smallest absolute Gasteiger partial charge is 0.0827 e. The van der Waals surface area contributed by atoms with E-state index in [-0.39, 0.29) is 5.31 Å². The summed E-state index contributed by atoms with van der Waals surface area (Å²) in [5.74, 6) is 0. The van der Waals surface area contributed by atoms with Gasteiger partial charge in [-0.2, -0.15) is 0 Å². The monoisotopic (exact) mass is 228 g/mol. The van der Waals surface area contributed by atoms with E-state index in [1.54, 1.807) is 0 Å². The van der Waals surface area contributed by atoms with Gasteiger partial charge in [0.1, 0.15) is 7.85 Å². The molecular weight excluding hydrogens is 214 g/mol. The van der Waals surface area contributed by atoms with Crippen molar-refractivity contribution in [2.75, 3.05) is 0 Å². The van der Waals surface area contributed by atoms with Crippen LogP contribution in [0.2, 0.25) is 10.0 Å². The number of halogens is 2. The van der Waals surface area contributed by atoms with Crippen LogP contribution in [0.3, 0.4) is 0 Å². The van der Waals surface area contributed by atoms with Crippen LogP contribution in [0.5, 0.6) is 0 Å². The van der Waals surface area contributed by atoms with Crippen molar-refractivity contribution in [2.24, 2.45) is 0 Å². The van der Waals surface area contributed by atoms with Crippen molar-refractivity contribution in [1.82, 2.24) is 0 Å². The van der Waals surface area contributed by atoms with E-state index < -0.39 is 0 Å².